The van der Waals surface area contributed by atoms with Crippen molar-refractivity contribution >= 4 is 35.8 Å². The minimum atomic E-state index is 0. The Hall–Kier alpha value is 0.317. The predicted octanol–water partition coefficient (Wildman–Crippen LogP) is -1.03. The number of nitrogens with zero attached hydrogens (tertiary/aromatic N) is 1. The van der Waals surface area contributed by atoms with Crippen LogP contribution in [0.15, 0.2) is 4.99 Å². The molecule has 1 fully saturated rings. The van der Waals surface area contributed by atoms with Gasteiger partial charge in [0.15, 0.2) is 0 Å². The molecule has 1 heterocycles. The summed E-state index contributed by atoms with van der Waals surface area (Å²) in [5.74, 6) is 1.95. The van der Waals surface area contributed by atoms with Crippen molar-refractivity contribution in [2.45, 2.75) is 30.9 Å². The summed E-state index contributed by atoms with van der Waals surface area (Å²) in [5.41, 5.74) is 5.81. The molecular formula is C11H18LiN3O3S2. The van der Waals surface area contributed by atoms with E-state index < -0.39 is 0 Å². The monoisotopic (exact) mass is 311 g/mol. The van der Waals surface area contributed by atoms with Gasteiger partial charge in [-0.25, -0.2) is 9.88 Å². The number of rotatable bonds is 7. The van der Waals surface area contributed by atoms with Crippen molar-refractivity contribution in [1.82, 2.24) is 0 Å². The van der Waals surface area contributed by atoms with Gasteiger partial charge in [-0.15, -0.1) is 0 Å². The Bertz CT molecular complexity index is 360. The zero-order chi connectivity index (χ0) is 13.7. The topological polar surface area (TPSA) is 104 Å². The maximum absolute atomic E-state index is 10.1. The number of aliphatic imine (C=N–C) groups is 1. The van der Waals surface area contributed by atoms with Crippen LogP contribution in [0.2, 0.25) is 0 Å². The third-order valence-corrected chi connectivity index (χ3v) is 4.79. The van der Waals surface area contributed by atoms with E-state index in [0.717, 1.165) is 19.3 Å². The summed E-state index contributed by atoms with van der Waals surface area (Å²) in [4.78, 5) is 9.06. The van der Waals surface area contributed by atoms with Crippen molar-refractivity contribution in [3.63, 3.8) is 0 Å². The zero-order valence-electron chi connectivity index (χ0n) is 11.5. The van der Waals surface area contributed by atoms with Crippen LogP contribution < -0.4 is 24.6 Å². The molecule has 1 aliphatic heterocycles. The number of nitrogens with one attached hydrogen (secondary N) is 1. The second kappa shape index (κ2) is 9.36. The number of hydrogen-bond acceptors (Lipinski definition) is 7. The first-order chi connectivity index (χ1) is 9.22. The molecule has 20 heavy (non-hydrogen) atoms. The van der Waals surface area contributed by atoms with E-state index in [1.54, 1.807) is 0 Å². The van der Waals surface area contributed by atoms with E-state index in [4.69, 9.17) is 20.4 Å². The van der Waals surface area contributed by atoms with Gasteiger partial charge in [0.2, 0.25) is 0 Å². The second-order valence-electron chi connectivity index (χ2n) is 4.73. The van der Waals surface area contributed by atoms with Crippen molar-refractivity contribution in [1.29, 1.82) is 5.41 Å². The zero-order valence-corrected chi connectivity index (χ0v) is 13.2. The largest absolute Gasteiger partial charge is 1.00 e. The molecule has 9 heteroatoms. The van der Waals surface area contributed by atoms with E-state index >= 15 is 0 Å². The number of amidine groups is 2. The molecule has 0 amide bonds. The van der Waals surface area contributed by atoms with E-state index in [0.29, 0.717) is 47.7 Å². The van der Waals surface area contributed by atoms with Crippen LogP contribution in [0.1, 0.15) is 25.7 Å². The molecule has 3 unspecified atom stereocenters. The molecule has 2 rings (SSSR count). The van der Waals surface area contributed by atoms with Crippen molar-refractivity contribution < 1.29 is 32.6 Å². The average molecular weight is 311 g/mol. The first-order valence-electron chi connectivity index (χ1n) is 6.34. The fourth-order valence-corrected chi connectivity index (χ4v) is 3.46. The molecule has 0 aromatic rings. The maximum atomic E-state index is 10.1. The van der Waals surface area contributed by atoms with Gasteiger partial charge < -0.3 is 10.3 Å². The van der Waals surface area contributed by atoms with Gasteiger partial charge in [0.25, 0.3) is 0 Å². The molecule has 0 aromatic carbocycles. The summed E-state index contributed by atoms with van der Waals surface area (Å²) < 4.78 is 15.2. The molecule has 2 aliphatic rings. The van der Waals surface area contributed by atoms with E-state index in [1.807, 2.05) is 0 Å². The van der Waals surface area contributed by atoms with Crippen LogP contribution >= 0.6 is 24.1 Å². The van der Waals surface area contributed by atoms with Gasteiger partial charge in [-0.1, -0.05) is 0 Å². The van der Waals surface area contributed by atoms with Gasteiger partial charge in [-0.3, -0.25) is 17.5 Å². The predicted molar refractivity (Wildman–Crippen MR) is 76.4 cm³/mol. The van der Waals surface area contributed by atoms with Gasteiger partial charge in [0.05, 0.1) is 6.61 Å². The normalized spacial score (nSPS) is 28.8. The molecular weight excluding hydrogens is 293 g/mol. The van der Waals surface area contributed by atoms with Crippen molar-refractivity contribution in [2.24, 2.45) is 22.6 Å². The molecule has 0 saturated heterocycles. The van der Waals surface area contributed by atoms with Gasteiger partial charge in [-0.2, -0.15) is 4.33 Å². The van der Waals surface area contributed by atoms with Crippen molar-refractivity contribution in [3.05, 3.63) is 0 Å². The van der Waals surface area contributed by atoms with Gasteiger partial charge >= 0.3 is 18.9 Å². The smallest absolute Gasteiger partial charge is 0.799 e. The third kappa shape index (κ3) is 4.95. The average Bonchev–Trinajstić information content (AvgIpc) is 2.69. The van der Waals surface area contributed by atoms with E-state index in [-0.39, 0.29) is 30.7 Å². The van der Waals surface area contributed by atoms with Gasteiger partial charge in [-0.05, 0) is 31.4 Å². The van der Waals surface area contributed by atoms with Crippen LogP contribution in [0.3, 0.4) is 0 Å². The quantitative estimate of drug-likeness (QED) is 0.205. The summed E-state index contributed by atoms with van der Waals surface area (Å²) in [6, 6.07) is 0. The number of nitrogens with two attached hydrogens (primary N) is 1. The van der Waals surface area contributed by atoms with Crippen LogP contribution in [0.4, 0.5) is 0 Å². The molecule has 0 aromatic heterocycles. The molecule has 1 aliphatic carbocycles. The molecule has 0 spiro atoms. The van der Waals surface area contributed by atoms with Gasteiger partial charge in [0.1, 0.15) is 11.7 Å². The molecule has 108 valence electrons. The molecule has 0 radical (unpaired) electrons. The van der Waals surface area contributed by atoms with E-state index in [1.165, 1.54) is 12.0 Å². The minimum Gasteiger partial charge on any atom is -0.799 e. The fourth-order valence-electron chi connectivity index (χ4n) is 2.47. The summed E-state index contributed by atoms with van der Waals surface area (Å²) in [7, 11) is 0. The third-order valence-electron chi connectivity index (χ3n) is 3.46. The Morgan fingerprint density at radius 3 is 2.95 bits per heavy atom. The summed E-state index contributed by atoms with van der Waals surface area (Å²) in [6.45, 7) is 0.437. The van der Waals surface area contributed by atoms with Gasteiger partial charge in [0, 0.05) is 29.1 Å². The van der Waals surface area contributed by atoms with Crippen LogP contribution in [0.25, 0.3) is 0 Å². The molecule has 6 nitrogen and oxygen atoms in total. The Balaban J connectivity index is 0.00000200. The van der Waals surface area contributed by atoms with E-state index in [2.05, 4.69) is 4.99 Å². The second-order valence-corrected chi connectivity index (χ2v) is 6.37. The van der Waals surface area contributed by atoms with Crippen LogP contribution in [0.5, 0.6) is 0 Å². The molecule has 3 atom stereocenters. The number of hydrogen-bond donors (Lipinski definition) is 2. The molecule has 0 bridgehead atoms. The fraction of sp³-hybridized carbons (Fsp3) is 0.818. The maximum Gasteiger partial charge on any atom is 1.00 e. The summed E-state index contributed by atoms with van der Waals surface area (Å²) in [6.07, 6.45) is 3.50. The van der Waals surface area contributed by atoms with Crippen LogP contribution in [-0.4, -0.2) is 33.8 Å². The SMILES string of the molecule is N=C1N=C(N)C2CCC(SOOCCCS[O-])CC12.[Li+]. The molecule has 3 N–H and O–H groups in total. The first-order valence-corrected chi connectivity index (χ1v) is 8.06. The summed E-state index contributed by atoms with van der Waals surface area (Å²) in [5, 5.41) is 8.12. The van der Waals surface area contributed by atoms with Crippen LogP contribution in [-0.2, 0) is 9.22 Å². The van der Waals surface area contributed by atoms with Crippen molar-refractivity contribution in [3.8, 4) is 0 Å². The van der Waals surface area contributed by atoms with E-state index in [9.17, 15) is 4.55 Å². The Kier molecular flexibility index (Phi) is 8.59. The first kappa shape index (κ1) is 18.4. The Morgan fingerprint density at radius 2 is 2.20 bits per heavy atom. The number of fused-ring (bicyclic) bond motifs is 1. The Morgan fingerprint density at radius 1 is 1.40 bits per heavy atom. The van der Waals surface area contributed by atoms with Crippen molar-refractivity contribution in [2.75, 3.05) is 12.4 Å². The summed E-state index contributed by atoms with van der Waals surface area (Å²) >= 11 is 1.87. The molecule has 1 saturated carbocycles. The standard InChI is InChI=1S/C11H19N3O3S2.Li/c12-10-8-3-2-7(6-9(8)11(13)14-10)19-17-16-4-1-5-18-15;/h7-9,15H,1-6H2,(H3,12,13,14);/q;+1/p-1. The van der Waals surface area contributed by atoms with Crippen LogP contribution in [0, 0.1) is 17.2 Å². The minimum absolute atomic E-state index is 0. The Labute approximate surface area is 139 Å².